The number of halogens is 1. The molecule has 0 spiro atoms. The van der Waals surface area contributed by atoms with E-state index in [4.69, 9.17) is 9.84 Å². The maximum absolute atomic E-state index is 10.8. The van der Waals surface area contributed by atoms with Crippen molar-refractivity contribution in [3.05, 3.63) is 29.3 Å². The molecule has 5 heteroatoms. The third-order valence-electron chi connectivity index (χ3n) is 2.53. The number of carboxylic acid groups (broad SMARTS) is 1. The van der Waals surface area contributed by atoms with Gasteiger partial charge in [-0.2, -0.15) is 0 Å². The zero-order chi connectivity index (χ0) is 13.5. The lowest BCUT2D eigenvalue weighted by Gasteiger charge is -2.14. The average molecular weight is 317 g/mol. The van der Waals surface area contributed by atoms with Gasteiger partial charge in [0.05, 0.1) is 6.61 Å². The second kappa shape index (κ2) is 7.38. The molecule has 0 aromatic heterocycles. The van der Waals surface area contributed by atoms with Gasteiger partial charge in [-0.25, -0.2) is 4.79 Å². The summed E-state index contributed by atoms with van der Waals surface area (Å²) in [5, 5.41) is 19.3. The Labute approximate surface area is 115 Å². The summed E-state index contributed by atoms with van der Waals surface area (Å²) in [5.41, 5.74) is 1.25. The molecule has 0 amide bonds. The molecular formula is C13H17BrO4. The second-order valence-corrected chi connectivity index (χ2v) is 4.62. The summed E-state index contributed by atoms with van der Waals surface area (Å²) in [7, 11) is 0. The van der Waals surface area contributed by atoms with Crippen molar-refractivity contribution in [2.75, 3.05) is 11.9 Å². The molecular weight excluding hydrogens is 300 g/mol. The Morgan fingerprint density at radius 1 is 1.50 bits per heavy atom. The third-order valence-corrected chi connectivity index (χ3v) is 3.09. The molecule has 1 unspecified atom stereocenters. The molecule has 0 aliphatic rings. The summed E-state index contributed by atoms with van der Waals surface area (Å²) in [5.74, 6) is -0.539. The van der Waals surface area contributed by atoms with Gasteiger partial charge >= 0.3 is 5.97 Å². The number of hydrogen-bond donors (Lipinski definition) is 2. The summed E-state index contributed by atoms with van der Waals surface area (Å²) in [4.78, 5) is 10.8. The van der Waals surface area contributed by atoms with E-state index in [0.29, 0.717) is 24.3 Å². The normalized spacial score (nSPS) is 12.2. The Morgan fingerprint density at radius 2 is 2.22 bits per heavy atom. The fourth-order valence-corrected chi connectivity index (χ4v) is 1.99. The van der Waals surface area contributed by atoms with E-state index in [-0.39, 0.29) is 0 Å². The molecule has 0 aliphatic heterocycles. The average Bonchev–Trinajstić information content (AvgIpc) is 2.36. The SMILES string of the molecule is CCOc1ccc(C(O)C(=O)O)c(CCCBr)c1. The number of aryl methyl sites for hydroxylation is 1. The standard InChI is InChI=1S/C13H17BrO4/c1-2-18-10-5-6-11(12(15)13(16)17)9(8-10)4-3-7-14/h5-6,8,12,15H,2-4,7H2,1H3,(H,16,17). The van der Waals surface area contributed by atoms with Crippen molar-refractivity contribution in [1.29, 1.82) is 0 Å². The van der Waals surface area contributed by atoms with Crippen LogP contribution in [0.4, 0.5) is 0 Å². The number of alkyl halides is 1. The van der Waals surface area contributed by atoms with Crippen LogP contribution in [0.2, 0.25) is 0 Å². The number of aliphatic hydroxyl groups excluding tert-OH is 1. The number of carbonyl (C=O) groups is 1. The first-order valence-electron chi connectivity index (χ1n) is 5.82. The number of hydrogen-bond acceptors (Lipinski definition) is 3. The number of carboxylic acids is 1. The van der Waals surface area contributed by atoms with Crippen LogP contribution in [-0.4, -0.2) is 28.1 Å². The molecule has 1 aromatic carbocycles. The summed E-state index contributed by atoms with van der Waals surface area (Å²) in [6.45, 7) is 2.44. The minimum atomic E-state index is -1.48. The van der Waals surface area contributed by atoms with Crippen molar-refractivity contribution < 1.29 is 19.7 Å². The molecule has 0 saturated carbocycles. The number of aliphatic carboxylic acids is 1. The quantitative estimate of drug-likeness (QED) is 0.759. The molecule has 18 heavy (non-hydrogen) atoms. The molecule has 1 atom stereocenters. The van der Waals surface area contributed by atoms with E-state index in [2.05, 4.69) is 15.9 Å². The highest BCUT2D eigenvalue weighted by molar-refractivity contribution is 9.09. The van der Waals surface area contributed by atoms with Crippen LogP contribution >= 0.6 is 15.9 Å². The minimum Gasteiger partial charge on any atom is -0.494 e. The van der Waals surface area contributed by atoms with Gasteiger partial charge in [-0.1, -0.05) is 22.0 Å². The van der Waals surface area contributed by atoms with Crippen molar-refractivity contribution in [3.8, 4) is 5.75 Å². The second-order valence-electron chi connectivity index (χ2n) is 3.83. The first-order chi connectivity index (χ1) is 8.60. The van der Waals surface area contributed by atoms with Crippen LogP contribution in [0.1, 0.15) is 30.6 Å². The first kappa shape index (κ1) is 15.0. The monoisotopic (exact) mass is 316 g/mol. The molecule has 0 bridgehead atoms. The Morgan fingerprint density at radius 3 is 2.78 bits per heavy atom. The van der Waals surface area contributed by atoms with Gasteiger partial charge in [0.25, 0.3) is 0 Å². The fraction of sp³-hybridized carbons (Fsp3) is 0.462. The lowest BCUT2D eigenvalue weighted by molar-refractivity contribution is -0.147. The zero-order valence-corrected chi connectivity index (χ0v) is 11.8. The predicted molar refractivity (Wildman–Crippen MR) is 72.3 cm³/mol. The molecule has 0 heterocycles. The largest absolute Gasteiger partial charge is 0.494 e. The van der Waals surface area contributed by atoms with Crippen molar-refractivity contribution in [2.45, 2.75) is 25.9 Å². The smallest absolute Gasteiger partial charge is 0.337 e. The number of benzene rings is 1. The Balaban J connectivity index is 3.03. The van der Waals surface area contributed by atoms with Crippen LogP contribution < -0.4 is 4.74 Å². The van der Waals surface area contributed by atoms with E-state index in [0.717, 1.165) is 17.3 Å². The van der Waals surface area contributed by atoms with E-state index in [1.807, 2.05) is 6.92 Å². The maximum atomic E-state index is 10.8. The van der Waals surface area contributed by atoms with E-state index in [1.165, 1.54) is 0 Å². The number of ether oxygens (including phenoxy) is 1. The lowest BCUT2D eigenvalue weighted by Crippen LogP contribution is -2.13. The highest BCUT2D eigenvalue weighted by atomic mass is 79.9. The summed E-state index contributed by atoms with van der Waals surface area (Å²) in [6.07, 6.45) is 0.0896. The van der Waals surface area contributed by atoms with E-state index in [9.17, 15) is 9.90 Å². The molecule has 0 fully saturated rings. The van der Waals surface area contributed by atoms with E-state index < -0.39 is 12.1 Å². The molecule has 0 saturated heterocycles. The first-order valence-corrected chi connectivity index (χ1v) is 6.94. The van der Waals surface area contributed by atoms with Gasteiger partial charge in [-0.05, 0) is 43.0 Å². The molecule has 0 aliphatic carbocycles. The van der Waals surface area contributed by atoms with Crippen molar-refractivity contribution in [3.63, 3.8) is 0 Å². The number of aliphatic hydroxyl groups is 1. The van der Waals surface area contributed by atoms with Gasteiger partial charge in [0.2, 0.25) is 0 Å². The van der Waals surface area contributed by atoms with Gasteiger partial charge in [-0.3, -0.25) is 0 Å². The van der Waals surface area contributed by atoms with Crippen molar-refractivity contribution >= 4 is 21.9 Å². The predicted octanol–water partition coefficient (Wildman–Crippen LogP) is 2.53. The van der Waals surface area contributed by atoms with Crippen LogP contribution in [0.15, 0.2) is 18.2 Å². The van der Waals surface area contributed by atoms with Gasteiger partial charge in [0, 0.05) is 5.33 Å². The molecule has 0 radical (unpaired) electrons. The van der Waals surface area contributed by atoms with Gasteiger partial charge < -0.3 is 14.9 Å². The minimum absolute atomic E-state index is 0.437. The zero-order valence-electron chi connectivity index (χ0n) is 10.2. The van der Waals surface area contributed by atoms with Gasteiger partial charge in [0.1, 0.15) is 5.75 Å². The van der Waals surface area contributed by atoms with Crippen molar-refractivity contribution in [2.24, 2.45) is 0 Å². The fourth-order valence-electron chi connectivity index (χ4n) is 1.71. The molecule has 1 aromatic rings. The van der Waals surface area contributed by atoms with E-state index >= 15 is 0 Å². The third kappa shape index (κ3) is 3.99. The lowest BCUT2D eigenvalue weighted by atomic mass is 9.98. The summed E-state index contributed by atoms with van der Waals surface area (Å²) in [6, 6.07) is 5.10. The van der Waals surface area contributed by atoms with Gasteiger partial charge in [0.15, 0.2) is 6.10 Å². The molecule has 4 nitrogen and oxygen atoms in total. The highest BCUT2D eigenvalue weighted by Gasteiger charge is 2.19. The summed E-state index contributed by atoms with van der Waals surface area (Å²) >= 11 is 3.34. The Bertz CT molecular complexity index is 406. The summed E-state index contributed by atoms with van der Waals surface area (Å²) < 4.78 is 5.38. The van der Waals surface area contributed by atoms with Gasteiger partial charge in [-0.15, -0.1) is 0 Å². The molecule has 2 N–H and O–H groups in total. The van der Waals surface area contributed by atoms with Crippen LogP contribution in [0.3, 0.4) is 0 Å². The van der Waals surface area contributed by atoms with Crippen LogP contribution in [-0.2, 0) is 11.2 Å². The van der Waals surface area contributed by atoms with Crippen molar-refractivity contribution in [1.82, 2.24) is 0 Å². The maximum Gasteiger partial charge on any atom is 0.337 e. The van der Waals surface area contributed by atoms with E-state index in [1.54, 1.807) is 18.2 Å². The molecule has 100 valence electrons. The van der Waals surface area contributed by atoms with Crippen LogP contribution in [0.25, 0.3) is 0 Å². The number of rotatable bonds is 7. The molecule has 1 rings (SSSR count). The van der Waals surface area contributed by atoms with Crippen LogP contribution in [0.5, 0.6) is 5.75 Å². The Hall–Kier alpha value is -1.07. The van der Waals surface area contributed by atoms with Crippen LogP contribution in [0, 0.1) is 0 Å². The topological polar surface area (TPSA) is 66.8 Å². The highest BCUT2D eigenvalue weighted by Crippen LogP contribution is 2.25. The Kier molecular flexibility index (Phi) is 6.15.